The van der Waals surface area contributed by atoms with E-state index in [1.165, 1.54) is 12.1 Å². The predicted molar refractivity (Wildman–Crippen MR) is 80.0 cm³/mol. The summed E-state index contributed by atoms with van der Waals surface area (Å²) in [6.45, 7) is 2.57. The van der Waals surface area contributed by atoms with Gasteiger partial charge in [-0.05, 0) is 43.8 Å². The van der Waals surface area contributed by atoms with Gasteiger partial charge in [-0.25, -0.2) is 0 Å². The molecule has 1 fully saturated rings. The van der Waals surface area contributed by atoms with Crippen molar-refractivity contribution in [3.05, 3.63) is 39.9 Å². The van der Waals surface area contributed by atoms with Crippen LogP contribution in [-0.2, 0) is 11.2 Å². The van der Waals surface area contributed by atoms with E-state index in [2.05, 4.69) is 10.6 Å². The zero-order chi connectivity index (χ0) is 15.1. The molecule has 0 saturated carbocycles. The second-order valence-electron chi connectivity index (χ2n) is 5.42. The summed E-state index contributed by atoms with van der Waals surface area (Å²) in [6, 6.07) is 6.45. The highest BCUT2D eigenvalue weighted by Crippen LogP contribution is 2.15. The lowest BCUT2D eigenvalue weighted by atomic mass is 9.94. The molecule has 0 aromatic heterocycles. The quantitative estimate of drug-likeness (QED) is 0.616. The Hall–Kier alpha value is -1.95. The molecule has 0 radical (unpaired) electrons. The molecule has 1 saturated heterocycles. The first-order chi connectivity index (χ1) is 10.1. The number of rotatable bonds is 6. The van der Waals surface area contributed by atoms with Crippen LogP contribution in [0.25, 0.3) is 0 Å². The smallest absolute Gasteiger partial charge is 0.269 e. The van der Waals surface area contributed by atoms with Crippen LogP contribution in [0.3, 0.4) is 0 Å². The van der Waals surface area contributed by atoms with Crippen LogP contribution in [0.5, 0.6) is 0 Å². The molecule has 1 amide bonds. The normalized spacial score (nSPS) is 15.6. The van der Waals surface area contributed by atoms with Crippen LogP contribution in [0.15, 0.2) is 24.3 Å². The summed E-state index contributed by atoms with van der Waals surface area (Å²) in [6.07, 6.45) is 3.42. The molecule has 0 spiro atoms. The van der Waals surface area contributed by atoms with Gasteiger partial charge in [0, 0.05) is 25.1 Å². The number of benzene rings is 1. The highest BCUT2D eigenvalue weighted by atomic mass is 16.6. The first kappa shape index (κ1) is 15.4. The molecule has 0 atom stereocenters. The molecule has 0 aliphatic carbocycles. The van der Waals surface area contributed by atoms with E-state index in [0.29, 0.717) is 25.3 Å². The van der Waals surface area contributed by atoms with Gasteiger partial charge in [-0.2, -0.15) is 0 Å². The van der Waals surface area contributed by atoms with Crippen molar-refractivity contribution in [1.29, 1.82) is 0 Å². The maximum absolute atomic E-state index is 11.8. The van der Waals surface area contributed by atoms with Gasteiger partial charge < -0.3 is 10.6 Å². The number of amides is 1. The van der Waals surface area contributed by atoms with Gasteiger partial charge in [0.15, 0.2) is 0 Å². The first-order valence-electron chi connectivity index (χ1n) is 7.36. The Bertz CT molecular complexity index is 481. The molecule has 21 heavy (non-hydrogen) atoms. The Morgan fingerprint density at radius 1 is 1.29 bits per heavy atom. The number of piperidine rings is 1. The van der Waals surface area contributed by atoms with Gasteiger partial charge in [-0.15, -0.1) is 0 Å². The molecule has 1 heterocycles. The van der Waals surface area contributed by atoms with Crippen molar-refractivity contribution in [2.75, 3.05) is 19.6 Å². The third-order valence-electron chi connectivity index (χ3n) is 3.82. The lowest BCUT2D eigenvalue weighted by molar-refractivity contribution is -0.384. The molecule has 114 valence electrons. The molecular formula is C15H21N3O3. The van der Waals surface area contributed by atoms with E-state index in [1.807, 2.05) is 0 Å². The number of nitrogens with zero attached hydrogens (tertiary/aromatic N) is 1. The Labute approximate surface area is 124 Å². The van der Waals surface area contributed by atoms with Crippen LogP contribution in [0.2, 0.25) is 0 Å². The van der Waals surface area contributed by atoms with Gasteiger partial charge in [0.05, 0.1) is 4.92 Å². The summed E-state index contributed by atoms with van der Waals surface area (Å²) in [4.78, 5) is 22.0. The summed E-state index contributed by atoms with van der Waals surface area (Å²) in [5.74, 6) is 0.592. The van der Waals surface area contributed by atoms with Gasteiger partial charge >= 0.3 is 0 Å². The van der Waals surface area contributed by atoms with Gasteiger partial charge in [-0.1, -0.05) is 12.1 Å². The zero-order valence-corrected chi connectivity index (χ0v) is 12.0. The van der Waals surface area contributed by atoms with Crippen molar-refractivity contribution in [3.63, 3.8) is 0 Å². The van der Waals surface area contributed by atoms with Crippen LogP contribution < -0.4 is 10.6 Å². The van der Waals surface area contributed by atoms with Crippen LogP contribution in [0.4, 0.5) is 5.69 Å². The SMILES string of the molecule is O=C(CC1CCNCC1)NCCc1ccc([N+](=O)[O-])cc1. The molecule has 0 unspecified atom stereocenters. The largest absolute Gasteiger partial charge is 0.356 e. The van der Waals surface area contributed by atoms with E-state index < -0.39 is 4.92 Å². The predicted octanol–water partition coefficient (Wildman–Crippen LogP) is 1.64. The first-order valence-corrected chi connectivity index (χ1v) is 7.36. The molecule has 6 heteroatoms. The lowest BCUT2D eigenvalue weighted by Gasteiger charge is -2.21. The fraction of sp³-hybridized carbons (Fsp3) is 0.533. The molecule has 1 aliphatic heterocycles. The van der Waals surface area contributed by atoms with E-state index in [-0.39, 0.29) is 11.6 Å². The van der Waals surface area contributed by atoms with Crippen LogP contribution in [0.1, 0.15) is 24.8 Å². The van der Waals surface area contributed by atoms with Gasteiger partial charge in [0.2, 0.25) is 5.91 Å². The Kier molecular flexibility index (Phi) is 5.68. The number of non-ortho nitro benzene ring substituents is 1. The fourth-order valence-corrected chi connectivity index (χ4v) is 2.55. The molecule has 0 bridgehead atoms. The summed E-state index contributed by atoms with van der Waals surface area (Å²) in [5, 5.41) is 16.8. The number of nitro benzene ring substituents is 1. The van der Waals surface area contributed by atoms with Gasteiger partial charge in [-0.3, -0.25) is 14.9 Å². The molecule has 6 nitrogen and oxygen atoms in total. The van der Waals surface area contributed by atoms with Crippen molar-refractivity contribution in [2.24, 2.45) is 5.92 Å². The van der Waals surface area contributed by atoms with Crippen molar-refractivity contribution in [3.8, 4) is 0 Å². The van der Waals surface area contributed by atoms with E-state index in [1.54, 1.807) is 12.1 Å². The highest BCUT2D eigenvalue weighted by molar-refractivity contribution is 5.76. The van der Waals surface area contributed by atoms with E-state index in [0.717, 1.165) is 31.5 Å². The van der Waals surface area contributed by atoms with Crippen LogP contribution in [-0.4, -0.2) is 30.5 Å². The minimum atomic E-state index is -0.412. The zero-order valence-electron chi connectivity index (χ0n) is 12.0. The average molecular weight is 291 g/mol. The van der Waals surface area contributed by atoms with Gasteiger partial charge in [0.1, 0.15) is 0 Å². The van der Waals surface area contributed by atoms with Crippen molar-refractivity contribution in [1.82, 2.24) is 10.6 Å². The summed E-state index contributed by atoms with van der Waals surface area (Å²) >= 11 is 0. The third kappa shape index (κ3) is 5.15. The van der Waals surface area contributed by atoms with Crippen molar-refractivity contribution in [2.45, 2.75) is 25.7 Å². The maximum atomic E-state index is 11.8. The van der Waals surface area contributed by atoms with Crippen LogP contribution >= 0.6 is 0 Å². The summed E-state index contributed by atoms with van der Waals surface area (Å²) in [5.41, 5.74) is 1.08. The highest BCUT2D eigenvalue weighted by Gasteiger charge is 2.16. The molecule has 2 N–H and O–H groups in total. The molecule has 1 aliphatic rings. The molecule has 1 aromatic rings. The summed E-state index contributed by atoms with van der Waals surface area (Å²) in [7, 11) is 0. The van der Waals surface area contributed by atoms with Crippen molar-refractivity contribution < 1.29 is 9.72 Å². The number of carbonyl (C=O) groups is 1. The molecule has 1 aromatic carbocycles. The number of nitrogens with one attached hydrogen (secondary N) is 2. The second-order valence-corrected chi connectivity index (χ2v) is 5.42. The number of hydrogen-bond acceptors (Lipinski definition) is 4. The standard InChI is InChI=1S/C15H21N3O3/c19-15(11-13-5-8-16-9-6-13)17-10-7-12-1-3-14(4-2-12)18(20)21/h1-4,13,16H,5-11H2,(H,17,19). The monoisotopic (exact) mass is 291 g/mol. The Morgan fingerprint density at radius 3 is 2.57 bits per heavy atom. The number of hydrogen-bond donors (Lipinski definition) is 2. The lowest BCUT2D eigenvalue weighted by Crippen LogP contribution is -2.33. The van der Waals surface area contributed by atoms with E-state index >= 15 is 0 Å². The Balaban J connectivity index is 1.68. The number of nitro groups is 1. The minimum absolute atomic E-state index is 0.0914. The number of carbonyl (C=O) groups excluding carboxylic acids is 1. The average Bonchev–Trinajstić information content (AvgIpc) is 2.49. The van der Waals surface area contributed by atoms with Gasteiger partial charge in [0.25, 0.3) is 5.69 Å². The third-order valence-corrected chi connectivity index (χ3v) is 3.82. The molecular weight excluding hydrogens is 270 g/mol. The second kappa shape index (κ2) is 7.73. The topological polar surface area (TPSA) is 84.3 Å². The van der Waals surface area contributed by atoms with E-state index in [9.17, 15) is 14.9 Å². The summed E-state index contributed by atoms with van der Waals surface area (Å²) < 4.78 is 0. The van der Waals surface area contributed by atoms with Crippen LogP contribution in [0, 0.1) is 16.0 Å². The fourth-order valence-electron chi connectivity index (χ4n) is 2.55. The Morgan fingerprint density at radius 2 is 1.95 bits per heavy atom. The van der Waals surface area contributed by atoms with E-state index in [4.69, 9.17) is 0 Å². The maximum Gasteiger partial charge on any atom is 0.269 e. The molecule has 2 rings (SSSR count). The van der Waals surface area contributed by atoms with Crippen molar-refractivity contribution >= 4 is 11.6 Å². The minimum Gasteiger partial charge on any atom is -0.356 e.